The van der Waals surface area contributed by atoms with Crippen LogP contribution in [0.1, 0.15) is 39.7 Å². The highest BCUT2D eigenvalue weighted by Crippen LogP contribution is 2.39. The van der Waals surface area contributed by atoms with Crippen molar-refractivity contribution in [3.05, 3.63) is 49.9 Å². The highest BCUT2D eigenvalue weighted by Gasteiger charge is 2.27. The second-order valence-corrected chi connectivity index (χ2v) is 8.78. The average Bonchev–Trinajstić information content (AvgIpc) is 3.09. The third-order valence-corrected chi connectivity index (χ3v) is 6.81. The van der Waals surface area contributed by atoms with Gasteiger partial charge in [-0.25, -0.2) is 0 Å². The van der Waals surface area contributed by atoms with Crippen LogP contribution < -0.4 is 10.2 Å². The van der Waals surface area contributed by atoms with Crippen molar-refractivity contribution in [2.24, 2.45) is 5.92 Å². The number of hydrogen-bond donors (Lipinski definition) is 1. The van der Waals surface area contributed by atoms with E-state index in [0.29, 0.717) is 48.5 Å². The van der Waals surface area contributed by atoms with Gasteiger partial charge in [0, 0.05) is 30.1 Å². The minimum atomic E-state index is -0.508. The molecule has 2 aromatic rings. The first kappa shape index (κ1) is 20.3. The summed E-state index contributed by atoms with van der Waals surface area (Å²) in [4.78, 5) is 27.1. The molecule has 1 N–H and O–H groups in total. The largest absolute Gasteiger partial charge is 0.378 e. The molecule has 2 aliphatic rings. The lowest BCUT2D eigenvalue weighted by Gasteiger charge is -2.30. The molecule has 1 aromatic carbocycles. The van der Waals surface area contributed by atoms with E-state index in [2.05, 4.69) is 18.3 Å². The van der Waals surface area contributed by atoms with Crippen molar-refractivity contribution in [2.75, 3.05) is 36.5 Å². The molecule has 0 bridgehead atoms. The Kier molecular flexibility index (Phi) is 5.70. The number of nitro benzene ring substituents is 1. The smallest absolute Gasteiger partial charge is 0.270 e. The lowest BCUT2D eigenvalue weighted by atomic mass is 9.88. The van der Waals surface area contributed by atoms with Crippen molar-refractivity contribution < 1.29 is 14.5 Å². The number of benzene rings is 1. The third kappa shape index (κ3) is 3.88. The Labute approximate surface area is 178 Å². The zero-order valence-electron chi connectivity index (χ0n) is 16.6. The Morgan fingerprint density at radius 1 is 1.40 bits per heavy atom. The van der Waals surface area contributed by atoms with Crippen LogP contribution in [0.2, 0.25) is 0 Å². The number of non-ortho nitro benzene ring substituents is 1. The van der Waals surface area contributed by atoms with Crippen molar-refractivity contribution in [3.8, 4) is 6.07 Å². The molecular weight excluding hydrogens is 404 g/mol. The van der Waals surface area contributed by atoms with Crippen LogP contribution in [0.25, 0.3) is 0 Å². The van der Waals surface area contributed by atoms with Crippen LogP contribution in [-0.4, -0.2) is 37.1 Å². The molecule has 1 fully saturated rings. The molecule has 4 rings (SSSR count). The second kappa shape index (κ2) is 8.42. The molecule has 1 aromatic heterocycles. The minimum absolute atomic E-state index is 0.142. The molecule has 0 spiro atoms. The van der Waals surface area contributed by atoms with Crippen LogP contribution in [0.15, 0.2) is 18.2 Å². The van der Waals surface area contributed by atoms with Crippen LogP contribution in [0, 0.1) is 27.4 Å². The third-order valence-electron chi connectivity index (χ3n) is 5.64. The first-order valence-electron chi connectivity index (χ1n) is 9.95. The molecule has 0 saturated carbocycles. The molecule has 1 aliphatic heterocycles. The number of nitro groups is 1. The highest BCUT2D eigenvalue weighted by molar-refractivity contribution is 7.16. The van der Waals surface area contributed by atoms with Crippen molar-refractivity contribution in [3.63, 3.8) is 0 Å². The number of thiophene rings is 1. The maximum absolute atomic E-state index is 13.2. The van der Waals surface area contributed by atoms with E-state index in [1.165, 1.54) is 23.5 Å². The van der Waals surface area contributed by atoms with Gasteiger partial charge in [0.2, 0.25) is 0 Å². The normalized spacial score (nSPS) is 18.4. The predicted octanol–water partition coefficient (Wildman–Crippen LogP) is 3.74. The summed E-state index contributed by atoms with van der Waals surface area (Å²) < 4.78 is 5.38. The monoisotopic (exact) mass is 426 g/mol. The number of fused-ring (bicyclic) bond motifs is 1. The topological polar surface area (TPSA) is 108 Å². The summed E-state index contributed by atoms with van der Waals surface area (Å²) in [7, 11) is 0. The van der Waals surface area contributed by atoms with Gasteiger partial charge in [0.25, 0.3) is 11.6 Å². The lowest BCUT2D eigenvalue weighted by molar-refractivity contribution is -0.384. The number of carbonyl (C=O) groups excluding carboxylic acids is 1. The maximum atomic E-state index is 13.2. The van der Waals surface area contributed by atoms with Gasteiger partial charge in [0.1, 0.15) is 11.1 Å². The van der Waals surface area contributed by atoms with Gasteiger partial charge in [-0.15, -0.1) is 11.3 Å². The number of anilines is 2. The fraction of sp³-hybridized carbons (Fsp3) is 0.429. The Balaban J connectivity index is 1.68. The van der Waals surface area contributed by atoms with E-state index in [0.717, 1.165) is 29.7 Å². The lowest BCUT2D eigenvalue weighted by Crippen LogP contribution is -2.37. The summed E-state index contributed by atoms with van der Waals surface area (Å²) in [6.07, 6.45) is 2.76. The van der Waals surface area contributed by atoms with Crippen LogP contribution in [0.4, 0.5) is 16.4 Å². The molecule has 1 aliphatic carbocycles. The van der Waals surface area contributed by atoms with Crippen LogP contribution in [0.3, 0.4) is 0 Å². The first-order valence-corrected chi connectivity index (χ1v) is 10.8. The first-order chi connectivity index (χ1) is 14.5. The zero-order valence-corrected chi connectivity index (χ0v) is 17.5. The number of ether oxygens (including phenoxy) is 1. The number of morpholine rings is 1. The fourth-order valence-corrected chi connectivity index (χ4v) is 5.38. The van der Waals surface area contributed by atoms with E-state index in [-0.39, 0.29) is 11.3 Å². The van der Waals surface area contributed by atoms with Gasteiger partial charge in [0.05, 0.1) is 35.0 Å². The number of nitrogens with one attached hydrogen (secondary N) is 1. The Bertz CT molecular complexity index is 1040. The van der Waals surface area contributed by atoms with Crippen LogP contribution in [-0.2, 0) is 17.6 Å². The van der Waals surface area contributed by atoms with Gasteiger partial charge in [-0.1, -0.05) is 6.92 Å². The molecule has 8 nitrogen and oxygen atoms in total. The van der Waals surface area contributed by atoms with Crippen LogP contribution in [0.5, 0.6) is 0 Å². The summed E-state index contributed by atoms with van der Waals surface area (Å²) >= 11 is 1.44. The maximum Gasteiger partial charge on any atom is 0.270 e. The predicted molar refractivity (Wildman–Crippen MR) is 114 cm³/mol. The number of nitrogens with zero attached hydrogens (tertiary/aromatic N) is 3. The van der Waals surface area contributed by atoms with Crippen molar-refractivity contribution in [1.29, 1.82) is 5.26 Å². The number of nitriles is 1. The molecule has 2 heterocycles. The molecule has 156 valence electrons. The van der Waals surface area contributed by atoms with E-state index < -0.39 is 10.8 Å². The minimum Gasteiger partial charge on any atom is -0.378 e. The quantitative estimate of drug-likeness (QED) is 0.589. The van der Waals surface area contributed by atoms with E-state index in [4.69, 9.17) is 4.74 Å². The van der Waals surface area contributed by atoms with E-state index in [1.807, 2.05) is 4.90 Å². The summed E-state index contributed by atoms with van der Waals surface area (Å²) in [6, 6.07) is 6.58. The summed E-state index contributed by atoms with van der Waals surface area (Å²) in [6.45, 7) is 4.46. The van der Waals surface area contributed by atoms with E-state index >= 15 is 0 Å². The average molecular weight is 426 g/mol. The number of hydrogen-bond acceptors (Lipinski definition) is 7. The zero-order chi connectivity index (χ0) is 21.3. The molecule has 30 heavy (non-hydrogen) atoms. The number of carbonyl (C=O) groups is 1. The van der Waals surface area contributed by atoms with Gasteiger partial charge >= 0.3 is 0 Å². The van der Waals surface area contributed by atoms with Crippen molar-refractivity contribution in [2.45, 2.75) is 26.2 Å². The second-order valence-electron chi connectivity index (χ2n) is 7.68. The molecule has 0 unspecified atom stereocenters. The van der Waals surface area contributed by atoms with Gasteiger partial charge in [-0.05, 0) is 36.8 Å². The molecule has 0 radical (unpaired) electrons. The number of rotatable bonds is 4. The number of amides is 1. The summed E-state index contributed by atoms with van der Waals surface area (Å²) in [5.41, 5.74) is 2.28. The van der Waals surface area contributed by atoms with Gasteiger partial charge < -0.3 is 15.0 Å². The summed E-state index contributed by atoms with van der Waals surface area (Å²) in [5.74, 6) is 0.110. The Morgan fingerprint density at radius 2 is 2.17 bits per heavy atom. The molecular formula is C21H22N4O4S. The molecule has 1 saturated heterocycles. The SMILES string of the molecule is C[C@H]1CCc2c(sc(NC(=O)c3cc([N+](=O)[O-])ccc3N3CCOCC3)c2C#N)C1. The fourth-order valence-electron chi connectivity index (χ4n) is 4.03. The van der Waals surface area contributed by atoms with Gasteiger partial charge in [-0.2, -0.15) is 5.26 Å². The molecule has 1 atom stereocenters. The summed E-state index contributed by atoms with van der Waals surface area (Å²) in [5, 5.41) is 24.4. The van der Waals surface area contributed by atoms with Crippen LogP contribution >= 0.6 is 11.3 Å². The molecule has 9 heteroatoms. The standard InChI is InChI=1S/C21H22N4O4S/c1-13-2-4-15-17(12-22)21(30-19(15)10-13)23-20(26)16-11-14(25(27)28)3-5-18(16)24-6-8-29-9-7-24/h3,5,11,13H,2,4,6-10H2,1H3,(H,23,26)/t13-/m0/s1. The molecule has 1 amide bonds. The van der Waals surface area contributed by atoms with Gasteiger partial charge in [0.15, 0.2) is 0 Å². The van der Waals surface area contributed by atoms with Crippen molar-refractivity contribution in [1.82, 2.24) is 0 Å². The Hall–Kier alpha value is -2.96. The van der Waals surface area contributed by atoms with E-state index in [1.54, 1.807) is 6.07 Å². The van der Waals surface area contributed by atoms with Gasteiger partial charge in [-0.3, -0.25) is 14.9 Å². The Morgan fingerprint density at radius 3 is 2.87 bits per heavy atom. The highest BCUT2D eigenvalue weighted by atomic mass is 32.1. The van der Waals surface area contributed by atoms with Crippen molar-refractivity contribution >= 4 is 33.6 Å². The van der Waals surface area contributed by atoms with E-state index in [9.17, 15) is 20.2 Å².